The number of hydrogen-bond acceptors (Lipinski definition) is 2. The van der Waals surface area contributed by atoms with E-state index in [0.29, 0.717) is 11.7 Å². The fourth-order valence-electron chi connectivity index (χ4n) is 1.15. The second-order valence-corrected chi connectivity index (χ2v) is 4.11. The number of carbonyl (C=O) groups excluding carboxylic acids is 1. The maximum atomic E-state index is 11.5. The molecule has 0 aromatic rings. The van der Waals surface area contributed by atoms with Gasteiger partial charge in [-0.05, 0) is 18.9 Å². The standard InChI is InChI=1S/C11H23NO/c1-5-12-8-10(4)11(13)7-6-9(2)3/h9-10,12H,5-8H2,1-4H3. The molecule has 13 heavy (non-hydrogen) atoms. The van der Waals surface area contributed by atoms with Crippen LogP contribution in [0.25, 0.3) is 0 Å². The maximum absolute atomic E-state index is 11.5. The fourth-order valence-corrected chi connectivity index (χ4v) is 1.15. The third-order valence-corrected chi connectivity index (χ3v) is 2.22. The summed E-state index contributed by atoms with van der Waals surface area (Å²) in [5.41, 5.74) is 0. The molecule has 0 saturated heterocycles. The van der Waals surface area contributed by atoms with E-state index in [1.807, 2.05) is 6.92 Å². The predicted molar refractivity (Wildman–Crippen MR) is 56.8 cm³/mol. The van der Waals surface area contributed by atoms with Gasteiger partial charge in [-0.1, -0.05) is 27.7 Å². The first-order chi connectivity index (χ1) is 6.07. The number of nitrogens with one attached hydrogen (secondary N) is 1. The van der Waals surface area contributed by atoms with Crippen LogP contribution < -0.4 is 5.32 Å². The Hall–Kier alpha value is -0.370. The lowest BCUT2D eigenvalue weighted by molar-refractivity contribution is -0.122. The van der Waals surface area contributed by atoms with Gasteiger partial charge in [-0.2, -0.15) is 0 Å². The SMILES string of the molecule is CCNCC(C)C(=O)CCC(C)C. The first kappa shape index (κ1) is 12.6. The lowest BCUT2D eigenvalue weighted by Crippen LogP contribution is -2.26. The molecule has 1 unspecified atom stereocenters. The number of carbonyl (C=O) groups is 1. The highest BCUT2D eigenvalue weighted by molar-refractivity contribution is 5.80. The van der Waals surface area contributed by atoms with Crippen LogP contribution in [0.2, 0.25) is 0 Å². The Morgan fingerprint density at radius 1 is 1.31 bits per heavy atom. The van der Waals surface area contributed by atoms with Gasteiger partial charge in [0.15, 0.2) is 0 Å². The summed E-state index contributed by atoms with van der Waals surface area (Å²) in [6.07, 6.45) is 1.76. The van der Waals surface area contributed by atoms with E-state index in [0.717, 1.165) is 25.9 Å². The van der Waals surface area contributed by atoms with Gasteiger partial charge < -0.3 is 5.32 Å². The normalized spacial score (nSPS) is 13.3. The molecule has 0 rings (SSSR count). The zero-order valence-electron chi connectivity index (χ0n) is 9.39. The van der Waals surface area contributed by atoms with Gasteiger partial charge in [0.05, 0.1) is 0 Å². The van der Waals surface area contributed by atoms with Crippen molar-refractivity contribution in [2.24, 2.45) is 11.8 Å². The molecule has 0 saturated carbocycles. The third kappa shape index (κ3) is 6.76. The Morgan fingerprint density at radius 3 is 2.38 bits per heavy atom. The highest BCUT2D eigenvalue weighted by atomic mass is 16.1. The van der Waals surface area contributed by atoms with Crippen LogP contribution in [0, 0.1) is 11.8 Å². The van der Waals surface area contributed by atoms with Gasteiger partial charge in [0.2, 0.25) is 0 Å². The molecule has 1 N–H and O–H groups in total. The average Bonchev–Trinajstić information content (AvgIpc) is 2.10. The van der Waals surface area contributed by atoms with Gasteiger partial charge >= 0.3 is 0 Å². The first-order valence-electron chi connectivity index (χ1n) is 5.31. The zero-order chi connectivity index (χ0) is 10.3. The van der Waals surface area contributed by atoms with Gasteiger partial charge in [0.25, 0.3) is 0 Å². The third-order valence-electron chi connectivity index (χ3n) is 2.22. The van der Waals surface area contributed by atoms with E-state index in [4.69, 9.17) is 0 Å². The van der Waals surface area contributed by atoms with Crippen molar-refractivity contribution in [3.8, 4) is 0 Å². The van der Waals surface area contributed by atoms with E-state index in [9.17, 15) is 4.79 Å². The molecule has 0 fully saturated rings. The van der Waals surface area contributed by atoms with Crippen LogP contribution in [0.1, 0.15) is 40.5 Å². The Bertz CT molecular complexity index is 143. The van der Waals surface area contributed by atoms with Gasteiger partial charge in [-0.3, -0.25) is 4.79 Å². The Balaban J connectivity index is 3.57. The Kier molecular flexibility index (Phi) is 6.87. The maximum Gasteiger partial charge on any atom is 0.136 e. The Labute approximate surface area is 82.1 Å². The van der Waals surface area contributed by atoms with Crippen molar-refractivity contribution in [2.75, 3.05) is 13.1 Å². The Morgan fingerprint density at radius 2 is 1.92 bits per heavy atom. The van der Waals surface area contributed by atoms with Crippen molar-refractivity contribution >= 4 is 5.78 Å². The molecule has 2 heteroatoms. The number of ketones is 1. The molecule has 0 heterocycles. The van der Waals surface area contributed by atoms with Crippen molar-refractivity contribution in [1.82, 2.24) is 5.32 Å². The summed E-state index contributed by atoms with van der Waals surface area (Å²) in [5.74, 6) is 1.21. The van der Waals surface area contributed by atoms with Gasteiger partial charge in [0, 0.05) is 18.9 Å². The smallest absolute Gasteiger partial charge is 0.136 e. The summed E-state index contributed by atoms with van der Waals surface area (Å²) < 4.78 is 0. The van der Waals surface area contributed by atoms with Crippen LogP contribution in [-0.2, 0) is 4.79 Å². The zero-order valence-corrected chi connectivity index (χ0v) is 9.39. The molecule has 0 radical (unpaired) electrons. The van der Waals surface area contributed by atoms with E-state index >= 15 is 0 Å². The van der Waals surface area contributed by atoms with Crippen molar-refractivity contribution in [3.05, 3.63) is 0 Å². The molecule has 0 spiro atoms. The largest absolute Gasteiger partial charge is 0.316 e. The quantitative estimate of drug-likeness (QED) is 0.659. The molecule has 0 aromatic carbocycles. The number of hydrogen-bond donors (Lipinski definition) is 1. The van der Waals surface area contributed by atoms with E-state index in [2.05, 4.69) is 26.1 Å². The molecule has 2 nitrogen and oxygen atoms in total. The predicted octanol–water partition coefficient (Wildman–Crippen LogP) is 2.24. The minimum Gasteiger partial charge on any atom is -0.316 e. The summed E-state index contributed by atoms with van der Waals surface area (Å²) in [6, 6.07) is 0. The molecule has 0 aliphatic heterocycles. The van der Waals surface area contributed by atoms with Crippen molar-refractivity contribution in [2.45, 2.75) is 40.5 Å². The lowest BCUT2D eigenvalue weighted by Gasteiger charge is -2.11. The second-order valence-electron chi connectivity index (χ2n) is 4.11. The highest BCUT2D eigenvalue weighted by Gasteiger charge is 2.11. The molecule has 0 aliphatic rings. The van der Waals surface area contributed by atoms with E-state index in [1.165, 1.54) is 0 Å². The monoisotopic (exact) mass is 185 g/mol. The summed E-state index contributed by atoms with van der Waals surface area (Å²) >= 11 is 0. The molecule has 1 atom stereocenters. The molecular weight excluding hydrogens is 162 g/mol. The molecule has 78 valence electrons. The van der Waals surface area contributed by atoms with Crippen LogP contribution in [0.4, 0.5) is 0 Å². The summed E-state index contributed by atoms with van der Waals surface area (Å²) in [7, 11) is 0. The average molecular weight is 185 g/mol. The van der Waals surface area contributed by atoms with Gasteiger partial charge in [-0.15, -0.1) is 0 Å². The molecule has 0 bridgehead atoms. The van der Waals surface area contributed by atoms with Crippen LogP contribution in [0.5, 0.6) is 0 Å². The summed E-state index contributed by atoms with van der Waals surface area (Å²) in [6.45, 7) is 10.1. The molecule has 0 aliphatic carbocycles. The molecular formula is C11H23NO. The molecule has 0 aromatic heterocycles. The first-order valence-corrected chi connectivity index (χ1v) is 5.31. The number of rotatable bonds is 7. The summed E-state index contributed by atoms with van der Waals surface area (Å²) in [4.78, 5) is 11.5. The van der Waals surface area contributed by atoms with Crippen molar-refractivity contribution in [1.29, 1.82) is 0 Å². The topological polar surface area (TPSA) is 29.1 Å². The minimum atomic E-state index is 0.179. The van der Waals surface area contributed by atoms with Gasteiger partial charge in [0.1, 0.15) is 5.78 Å². The van der Waals surface area contributed by atoms with Crippen molar-refractivity contribution in [3.63, 3.8) is 0 Å². The fraction of sp³-hybridized carbons (Fsp3) is 0.909. The van der Waals surface area contributed by atoms with Crippen molar-refractivity contribution < 1.29 is 4.79 Å². The lowest BCUT2D eigenvalue weighted by atomic mass is 9.98. The number of Topliss-reactive ketones (excluding diaryl/α,β-unsaturated/α-hetero) is 1. The van der Waals surface area contributed by atoms with E-state index in [-0.39, 0.29) is 5.92 Å². The van der Waals surface area contributed by atoms with Crippen LogP contribution in [0.3, 0.4) is 0 Å². The molecule has 0 amide bonds. The second kappa shape index (κ2) is 7.07. The van der Waals surface area contributed by atoms with Crippen LogP contribution in [-0.4, -0.2) is 18.9 Å². The van der Waals surface area contributed by atoms with Crippen LogP contribution in [0.15, 0.2) is 0 Å². The van der Waals surface area contributed by atoms with E-state index in [1.54, 1.807) is 0 Å². The van der Waals surface area contributed by atoms with E-state index < -0.39 is 0 Å². The minimum absolute atomic E-state index is 0.179. The highest BCUT2D eigenvalue weighted by Crippen LogP contribution is 2.08. The van der Waals surface area contributed by atoms with Gasteiger partial charge in [-0.25, -0.2) is 0 Å². The summed E-state index contributed by atoms with van der Waals surface area (Å²) in [5, 5.41) is 3.20. The van der Waals surface area contributed by atoms with Crippen LogP contribution >= 0.6 is 0 Å².